The van der Waals surface area contributed by atoms with E-state index in [2.05, 4.69) is 39.0 Å². The van der Waals surface area contributed by atoms with E-state index in [-0.39, 0.29) is 27.3 Å². The van der Waals surface area contributed by atoms with E-state index in [9.17, 15) is 0 Å². The molecule has 32 valence electrons. The number of hydrogen-bond acceptors (Lipinski definition) is 1. The quantitative estimate of drug-likeness (QED) is 0.301. The Hall–Kier alpha value is 2.09. The van der Waals surface area contributed by atoms with Crippen molar-refractivity contribution in [1.82, 2.24) is 2.14 Å². The molecular formula is CH5BrINPb. The van der Waals surface area contributed by atoms with Gasteiger partial charge in [0.2, 0.25) is 0 Å². The normalized spacial score (nSPS) is 7.20. The average Bonchev–Trinajstić information content (AvgIpc) is 0.811. The third-order valence-corrected chi connectivity index (χ3v) is 0. The molecule has 0 amide bonds. The number of nitrogens with zero attached hydrogens (tertiary/aromatic N) is 1. The molecule has 0 spiro atoms. The van der Waals surface area contributed by atoms with Gasteiger partial charge in [0, 0.05) is 46.1 Å². The Bertz CT molecular complexity index is 16.4. The summed E-state index contributed by atoms with van der Waals surface area (Å²) in [7, 11) is 1.90. The molecule has 0 heterocycles. The monoisotopic (exact) mass is 445 g/mol. The van der Waals surface area contributed by atoms with Crippen molar-refractivity contribution < 1.29 is 0 Å². The van der Waals surface area contributed by atoms with E-state index in [1.165, 1.54) is 0 Å². The van der Waals surface area contributed by atoms with E-state index < -0.39 is 0 Å². The van der Waals surface area contributed by atoms with Crippen LogP contribution in [-0.4, -0.2) is 36.5 Å². The van der Waals surface area contributed by atoms with Crippen LogP contribution in [0.5, 0.6) is 0 Å². The van der Waals surface area contributed by atoms with Gasteiger partial charge in [-0.2, -0.15) is 2.14 Å². The molecule has 0 unspecified atom stereocenters. The summed E-state index contributed by atoms with van der Waals surface area (Å²) in [5.74, 6) is 0. The second-order valence-corrected chi connectivity index (χ2v) is 4.24. The SMILES string of the molecule is CN(Br)I.[PbH2]. The van der Waals surface area contributed by atoms with Gasteiger partial charge in [-0.3, -0.25) is 0 Å². The summed E-state index contributed by atoms with van der Waals surface area (Å²) in [6.45, 7) is 0. The van der Waals surface area contributed by atoms with Gasteiger partial charge in [0.15, 0.2) is 0 Å². The second-order valence-electron chi connectivity index (χ2n) is 0.402. The van der Waals surface area contributed by atoms with Crippen molar-refractivity contribution in [3.05, 3.63) is 0 Å². The average molecular weight is 445 g/mol. The predicted octanol–water partition coefficient (Wildman–Crippen LogP) is 0.662. The Morgan fingerprint density at radius 2 is 1.80 bits per heavy atom. The van der Waals surface area contributed by atoms with Gasteiger partial charge in [-0.15, -0.1) is 0 Å². The first-order chi connectivity index (χ1) is 1.73. The molecule has 1 nitrogen and oxygen atoms in total. The van der Waals surface area contributed by atoms with Gasteiger partial charge in [-0.05, 0) is 0 Å². The molecule has 2 radical (unpaired) electrons. The van der Waals surface area contributed by atoms with Crippen LogP contribution >= 0.6 is 39.0 Å². The Morgan fingerprint density at radius 3 is 1.80 bits per heavy atom. The summed E-state index contributed by atoms with van der Waals surface area (Å²) in [4.78, 5) is 0. The molecule has 0 rings (SSSR count). The summed E-state index contributed by atoms with van der Waals surface area (Å²) in [5.41, 5.74) is 0. The Morgan fingerprint density at radius 1 is 1.80 bits per heavy atom. The van der Waals surface area contributed by atoms with Crippen molar-refractivity contribution in [1.29, 1.82) is 0 Å². The van der Waals surface area contributed by atoms with Crippen LogP contribution in [0.25, 0.3) is 0 Å². The van der Waals surface area contributed by atoms with Gasteiger partial charge in [0.25, 0.3) is 0 Å². The van der Waals surface area contributed by atoms with Crippen LogP contribution in [-0.2, 0) is 0 Å². The van der Waals surface area contributed by atoms with Crippen molar-refractivity contribution in [2.45, 2.75) is 0 Å². The minimum absolute atomic E-state index is 0. The molecule has 5 heavy (non-hydrogen) atoms. The maximum absolute atomic E-state index is 3.09. The first kappa shape index (κ1) is 10.2. The summed E-state index contributed by atoms with van der Waals surface area (Å²) in [6.07, 6.45) is 0. The van der Waals surface area contributed by atoms with Gasteiger partial charge in [-0.1, -0.05) is 0 Å². The Kier molecular flexibility index (Phi) is 12.4. The first-order valence-electron chi connectivity index (χ1n) is 0.785. The van der Waals surface area contributed by atoms with E-state index in [0.29, 0.717) is 0 Å². The van der Waals surface area contributed by atoms with Crippen LogP contribution < -0.4 is 0 Å². The zero-order chi connectivity index (χ0) is 3.58. The molecule has 0 fully saturated rings. The molecule has 0 atom stereocenters. The fourth-order valence-electron chi connectivity index (χ4n) is 0. The van der Waals surface area contributed by atoms with Crippen molar-refractivity contribution in [3.63, 3.8) is 0 Å². The van der Waals surface area contributed by atoms with E-state index >= 15 is 0 Å². The van der Waals surface area contributed by atoms with Gasteiger partial charge >= 0.3 is 27.3 Å². The fourth-order valence-corrected chi connectivity index (χ4v) is 0. The third kappa shape index (κ3) is 23.3. The fraction of sp³-hybridized carbons (Fsp3) is 1.00. The molecule has 0 saturated carbocycles. The van der Waals surface area contributed by atoms with E-state index in [4.69, 9.17) is 0 Å². The van der Waals surface area contributed by atoms with Crippen LogP contribution in [0.4, 0.5) is 0 Å². The van der Waals surface area contributed by atoms with E-state index in [1.54, 1.807) is 2.14 Å². The molecule has 0 N–H and O–H groups in total. The molecule has 0 aliphatic heterocycles. The summed E-state index contributed by atoms with van der Waals surface area (Å²) in [6, 6.07) is 0. The standard InChI is InChI=1S/CH3BrIN.Pb.2H/c1-4(2)3;;;/h1H3;;;. The number of rotatable bonds is 0. The van der Waals surface area contributed by atoms with Gasteiger partial charge in [-0.25, -0.2) is 0 Å². The van der Waals surface area contributed by atoms with Gasteiger partial charge < -0.3 is 0 Å². The number of hydrogen-bond donors (Lipinski definition) is 0. The van der Waals surface area contributed by atoms with Crippen LogP contribution in [0.3, 0.4) is 0 Å². The third-order valence-electron chi connectivity index (χ3n) is 0. The minimum atomic E-state index is 0. The van der Waals surface area contributed by atoms with Gasteiger partial charge in [0.1, 0.15) is 0 Å². The summed E-state index contributed by atoms with van der Waals surface area (Å²) in [5, 5.41) is 0. The van der Waals surface area contributed by atoms with Crippen LogP contribution in [0.1, 0.15) is 0 Å². The molecule has 0 aromatic rings. The number of halogens is 2. The maximum atomic E-state index is 3.09. The first-order valence-corrected chi connectivity index (χ1v) is 2.46. The van der Waals surface area contributed by atoms with E-state index in [0.717, 1.165) is 0 Å². The summed E-state index contributed by atoms with van der Waals surface area (Å²) >= 11 is 5.18. The van der Waals surface area contributed by atoms with Crippen LogP contribution in [0.2, 0.25) is 0 Å². The van der Waals surface area contributed by atoms with Crippen molar-refractivity contribution in [2.24, 2.45) is 0 Å². The molecule has 4 heteroatoms. The Labute approximate surface area is 74.5 Å². The second kappa shape index (κ2) is 6.09. The topological polar surface area (TPSA) is 3.24 Å². The molecule has 0 bridgehead atoms. The van der Waals surface area contributed by atoms with E-state index in [1.807, 2.05) is 7.05 Å². The van der Waals surface area contributed by atoms with Crippen molar-refractivity contribution >= 4 is 66.3 Å². The zero-order valence-corrected chi connectivity index (χ0v) is 12.2. The van der Waals surface area contributed by atoms with Crippen molar-refractivity contribution in [3.8, 4) is 0 Å². The molecule has 0 aromatic heterocycles. The van der Waals surface area contributed by atoms with Crippen LogP contribution in [0.15, 0.2) is 0 Å². The molecule has 0 aromatic carbocycles. The van der Waals surface area contributed by atoms with Crippen LogP contribution in [0, 0.1) is 0 Å². The molecule has 0 aliphatic carbocycles. The molecule has 0 aliphatic rings. The molecule has 0 saturated heterocycles. The summed E-state index contributed by atoms with van der Waals surface area (Å²) < 4.78 is 1.78. The predicted molar refractivity (Wildman–Crippen MR) is 39.3 cm³/mol. The zero-order valence-electron chi connectivity index (χ0n) is 2.91. The van der Waals surface area contributed by atoms with Gasteiger partial charge in [0.05, 0.1) is 0 Å². The Balaban J connectivity index is 0. The van der Waals surface area contributed by atoms with Crippen molar-refractivity contribution in [2.75, 3.05) is 7.05 Å². The molecular weight excluding hydrogens is 440 g/mol.